The summed E-state index contributed by atoms with van der Waals surface area (Å²) >= 11 is 0. The number of aliphatic hydroxyl groups is 1. The van der Waals surface area contributed by atoms with Crippen LogP contribution in [0.5, 0.6) is 0 Å². The van der Waals surface area contributed by atoms with E-state index in [1.54, 1.807) is 0 Å². The molecule has 0 saturated carbocycles. The fourth-order valence-corrected chi connectivity index (χ4v) is 1.72. The van der Waals surface area contributed by atoms with Crippen molar-refractivity contribution in [3.05, 3.63) is 11.9 Å². The number of aryl methyl sites for hydroxylation is 1. The maximum atomic E-state index is 8.72. The van der Waals surface area contributed by atoms with Crippen LogP contribution in [0.15, 0.2) is 6.07 Å². The Balaban J connectivity index is 2.50. The van der Waals surface area contributed by atoms with E-state index >= 15 is 0 Å². The monoisotopic (exact) mass is 266 g/mol. The SMILES string of the molecule is CCCNc1cc(NCCCCCO)nc(CC)n1. The summed E-state index contributed by atoms with van der Waals surface area (Å²) in [6.07, 6.45) is 4.87. The lowest BCUT2D eigenvalue weighted by atomic mass is 10.2. The minimum Gasteiger partial charge on any atom is -0.396 e. The maximum Gasteiger partial charge on any atom is 0.132 e. The molecule has 1 heterocycles. The molecule has 108 valence electrons. The minimum absolute atomic E-state index is 0.276. The molecule has 0 saturated heterocycles. The third-order valence-electron chi connectivity index (χ3n) is 2.79. The Labute approximate surface area is 115 Å². The summed E-state index contributed by atoms with van der Waals surface area (Å²) in [5.74, 6) is 2.64. The molecule has 5 heteroatoms. The molecule has 0 aliphatic carbocycles. The molecule has 1 aromatic heterocycles. The lowest BCUT2D eigenvalue weighted by Gasteiger charge is -2.10. The van der Waals surface area contributed by atoms with Gasteiger partial charge in [-0.05, 0) is 25.7 Å². The number of aromatic nitrogens is 2. The molecule has 19 heavy (non-hydrogen) atoms. The molecule has 1 rings (SSSR count). The Morgan fingerprint density at radius 3 is 2.26 bits per heavy atom. The maximum absolute atomic E-state index is 8.72. The van der Waals surface area contributed by atoms with Crippen LogP contribution in [-0.2, 0) is 6.42 Å². The van der Waals surface area contributed by atoms with Gasteiger partial charge >= 0.3 is 0 Å². The predicted octanol–water partition coefficient (Wildman–Crippen LogP) is 2.44. The molecule has 0 atom stereocenters. The second kappa shape index (κ2) is 9.55. The van der Waals surface area contributed by atoms with Crippen molar-refractivity contribution in [3.63, 3.8) is 0 Å². The van der Waals surface area contributed by atoms with Gasteiger partial charge in [0, 0.05) is 32.2 Å². The van der Waals surface area contributed by atoms with E-state index in [9.17, 15) is 0 Å². The second-order valence-corrected chi connectivity index (χ2v) is 4.55. The molecule has 0 fully saturated rings. The first-order valence-electron chi connectivity index (χ1n) is 7.26. The van der Waals surface area contributed by atoms with Crippen molar-refractivity contribution in [2.24, 2.45) is 0 Å². The summed E-state index contributed by atoms with van der Waals surface area (Å²) < 4.78 is 0. The fraction of sp³-hybridized carbons (Fsp3) is 0.714. The Kier molecular flexibility index (Phi) is 7.89. The molecule has 0 radical (unpaired) electrons. The number of anilines is 2. The molecular formula is C14H26N4O. The number of nitrogens with one attached hydrogen (secondary N) is 2. The average molecular weight is 266 g/mol. The first kappa shape index (κ1) is 15.7. The van der Waals surface area contributed by atoms with Gasteiger partial charge < -0.3 is 15.7 Å². The van der Waals surface area contributed by atoms with Crippen LogP contribution in [0.4, 0.5) is 11.6 Å². The van der Waals surface area contributed by atoms with Crippen molar-refractivity contribution in [3.8, 4) is 0 Å². The molecule has 5 nitrogen and oxygen atoms in total. The number of unbranched alkanes of at least 4 members (excludes halogenated alkanes) is 2. The van der Waals surface area contributed by atoms with E-state index in [-0.39, 0.29) is 6.61 Å². The van der Waals surface area contributed by atoms with Gasteiger partial charge in [-0.3, -0.25) is 0 Å². The van der Waals surface area contributed by atoms with Crippen LogP contribution in [-0.4, -0.2) is 34.8 Å². The molecular weight excluding hydrogens is 240 g/mol. The molecule has 0 aliphatic heterocycles. The van der Waals surface area contributed by atoms with E-state index in [2.05, 4.69) is 34.4 Å². The Bertz CT molecular complexity index is 357. The van der Waals surface area contributed by atoms with Crippen molar-refractivity contribution in [1.29, 1.82) is 0 Å². The van der Waals surface area contributed by atoms with Gasteiger partial charge in [-0.2, -0.15) is 0 Å². The van der Waals surface area contributed by atoms with Crippen LogP contribution in [0.1, 0.15) is 45.4 Å². The number of aliphatic hydroxyl groups excluding tert-OH is 1. The molecule has 3 N–H and O–H groups in total. The van der Waals surface area contributed by atoms with Crippen molar-refractivity contribution in [1.82, 2.24) is 9.97 Å². The highest BCUT2D eigenvalue weighted by Gasteiger charge is 2.02. The van der Waals surface area contributed by atoms with Crippen molar-refractivity contribution in [2.45, 2.75) is 46.0 Å². The topological polar surface area (TPSA) is 70.1 Å². The normalized spacial score (nSPS) is 10.5. The van der Waals surface area contributed by atoms with Gasteiger partial charge in [0.1, 0.15) is 17.5 Å². The van der Waals surface area contributed by atoms with Crippen LogP contribution in [0.25, 0.3) is 0 Å². The zero-order chi connectivity index (χ0) is 13.9. The van der Waals surface area contributed by atoms with Gasteiger partial charge in [-0.25, -0.2) is 9.97 Å². The number of hydrogen-bond donors (Lipinski definition) is 3. The highest BCUT2D eigenvalue weighted by Crippen LogP contribution is 2.12. The van der Waals surface area contributed by atoms with Crippen LogP contribution < -0.4 is 10.6 Å². The smallest absolute Gasteiger partial charge is 0.132 e. The van der Waals surface area contributed by atoms with Crippen molar-refractivity contribution in [2.75, 3.05) is 30.3 Å². The number of hydrogen-bond acceptors (Lipinski definition) is 5. The predicted molar refractivity (Wildman–Crippen MR) is 79.6 cm³/mol. The largest absolute Gasteiger partial charge is 0.396 e. The Morgan fingerprint density at radius 2 is 1.68 bits per heavy atom. The summed E-state index contributed by atoms with van der Waals surface area (Å²) in [4.78, 5) is 8.92. The van der Waals surface area contributed by atoms with Crippen LogP contribution >= 0.6 is 0 Å². The average Bonchev–Trinajstić information content (AvgIpc) is 2.44. The first-order valence-corrected chi connectivity index (χ1v) is 7.26. The Morgan fingerprint density at radius 1 is 1.00 bits per heavy atom. The van der Waals surface area contributed by atoms with Gasteiger partial charge in [0.15, 0.2) is 0 Å². The fourth-order valence-electron chi connectivity index (χ4n) is 1.72. The molecule has 0 spiro atoms. The highest BCUT2D eigenvalue weighted by atomic mass is 16.2. The van der Waals surface area contributed by atoms with Crippen molar-refractivity contribution >= 4 is 11.6 Å². The van der Waals surface area contributed by atoms with E-state index in [0.717, 1.165) is 62.7 Å². The summed E-state index contributed by atoms with van der Waals surface area (Å²) in [7, 11) is 0. The van der Waals surface area contributed by atoms with E-state index in [1.165, 1.54) is 0 Å². The van der Waals surface area contributed by atoms with Gasteiger partial charge in [0.25, 0.3) is 0 Å². The van der Waals surface area contributed by atoms with Crippen LogP contribution in [0, 0.1) is 0 Å². The van der Waals surface area contributed by atoms with Crippen LogP contribution in [0.2, 0.25) is 0 Å². The van der Waals surface area contributed by atoms with E-state index in [1.807, 2.05) is 6.07 Å². The van der Waals surface area contributed by atoms with E-state index in [4.69, 9.17) is 5.11 Å². The van der Waals surface area contributed by atoms with Crippen LogP contribution in [0.3, 0.4) is 0 Å². The summed E-state index contributed by atoms with van der Waals surface area (Å²) in [6, 6.07) is 1.96. The zero-order valence-corrected chi connectivity index (χ0v) is 12.1. The van der Waals surface area contributed by atoms with E-state index < -0.39 is 0 Å². The van der Waals surface area contributed by atoms with Gasteiger partial charge in [0.2, 0.25) is 0 Å². The molecule has 1 aromatic rings. The quantitative estimate of drug-likeness (QED) is 0.567. The first-order chi connectivity index (χ1) is 9.30. The summed E-state index contributed by atoms with van der Waals surface area (Å²) in [6.45, 7) is 6.28. The minimum atomic E-state index is 0.276. The molecule has 0 aromatic carbocycles. The third-order valence-corrected chi connectivity index (χ3v) is 2.79. The number of nitrogens with zero attached hydrogens (tertiary/aromatic N) is 2. The zero-order valence-electron chi connectivity index (χ0n) is 12.1. The highest BCUT2D eigenvalue weighted by molar-refractivity contribution is 5.47. The van der Waals surface area contributed by atoms with Gasteiger partial charge in [-0.15, -0.1) is 0 Å². The molecule has 0 amide bonds. The summed E-state index contributed by atoms with van der Waals surface area (Å²) in [5, 5.41) is 15.3. The Hall–Kier alpha value is -1.36. The molecule has 0 aliphatic rings. The van der Waals surface area contributed by atoms with E-state index in [0.29, 0.717) is 0 Å². The lowest BCUT2D eigenvalue weighted by Crippen LogP contribution is -2.09. The standard InChI is InChI=1S/C14H26N4O/c1-3-8-15-13-11-14(18-12(4-2)17-13)16-9-6-5-7-10-19/h11,19H,3-10H2,1-2H3,(H2,15,16,17,18). The molecule has 0 bridgehead atoms. The second-order valence-electron chi connectivity index (χ2n) is 4.55. The molecule has 0 unspecified atom stereocenters. The van der Waals surface area contributed by atoms with Gasteiger partial charge in [-0.1, -0.05) is 13.8 Å². The van der Waals surface area contributed by atoms with Gasteiger partial charge in [0.05, 0.1) is 0 Å². The third kappa shape index (κ3) is 6.38. The van der Waals surface area contributed by atoms with Crippen molar-refractivity contribution < 1.29 is 5.11 Å². The lowest BCUT2D eigenvalue weighted by molar-refractivity contribution is 0.283. The summed E-state index contributed by atoms with van der Waals surface area (Å²) in [5.41, 5.74) is 0. The number of rotatable bonds is 10.